The lowest BCUT2D eigenvalue weighted by molar-refractivity contribution is -0.115. The number of hydrogen-bond acceptors (Lipinski definition) is 2. The molecule has 4 nitrogen and oxygen atoms in total. The molecule has 0 heterocycles. The van der Waals surface area contributed by atoms with Gasteiger partial charge >= 0.3 is 0 Å². The van der Waals surface area contributed by atoms with Crippen molar-refractivity contribution in [3.8, 4) is 0 Å². The molecule has 0 saturated carbocycles. The van der Waals surface area contributed by atoms with Gasteiger partial charge in [0.15, 0.2) is 0 Å². The zero-order valence-electron chi connectivity index (χ0n) is 13.4. The minimum absolute atomic E-state index is 0.0419. The minimum Gasteiger partial charge on any atom is -0.345 e. The molecule has 0 radical (unpaired) electrons. The number of carbonyl (C=O) groups is 2. The Morgan fingerprint density at radius 2 is 1.75 bits per heavy atom. The summed E-state index contributed by atoms with van der Waals surface area (Å²) >= 11 is 12.0. The van der Waals surface area contributed by atoms with Crippen molar-refractivity contribution in [2.75, 3.05) is 5.32 Å². The lowest BCUT2D eigenvalue weighted by Crippen LogP contribution is -2.26. The summed E-state index contributed by atoms with van der Waals surface area (Å²) in [6.07, 6.45) is 0.425. The Morgan fingerprint density at radius 1 is 1.08 bits per heavy atom. The summed E-state index contributed by atoms with van der Waals surface area (Å²) < 4.78 is 0. The zero-order chi connectivity index (χ0) is 17.7. The molecule has 2 aromatic carbocycles. The fourth-order valence-electron chi connectivity index (χ4n) is 2.14. The fraction of sp³-hybridized carbons (Fsp3) is 0.222. The maximum absolute atomic E-state index is 12.3. The normalized spacial score (nSPS) is 11.7. The molecular formula is C18H18Cl2N2O2. The molecule has 24 heavy (non-hydrogen) atoms. The SMILES string of the molecule is CCC(=O)Nc1ccc(C(C)NC(=O)c2cccc(Cl)c2Cl)cc1. The molecule has 0 saturated heterocycles. The molecule has 1 unspecified atom stereocenters. The van der Waals surface area contributed by atoms with E-state index in [9.17, 15) is 9.59 Å². The first-order valence-corrected chi connectivity index (χ1v) is 8.32. The molecule has 0 bridgehead atoms. The van der Waals surface area contributed by atoms with Crippen LogP contribution in [0.1, 0.15) is 42.2 Å². The number of nitrogens with one attached hydrogen (secondary N) is 2. The van der Waals surface area contributed by atoms with E-state index >= 15 is 0 Å². The molecule has 126 valence electrons. The van der Waals surface area contributed by atoms with Crippen LogP contribution < -0.4 is 10.6 Å². The van der Waals surface area contributed by atoms with E-state index in [4.69, 9.17) is 23.2 Å². The van der Waals surface area contributed by atoms with Crippen LogP contribution in [0.2, 0.25) is 10.0 Å². The summed E-state index contributed by atoms with van der Waals surface area (Å²) in [5, 5.41) is 6.24. The standard InChI is InChI=1S/C18H18Cl2N2O2/c1-3-16(23)22-13-9-7-12(8-10-13)11(2)21-18(24)14-5-4-6-15(19)17(14)20/h4-11H,3H2,1-2H3,(H,21,24)(H,22,23). The van der Waals surface area contributed by atoms with Crippen LogP contribution >= 0.6 is 23.2 Å². The molecule has 2 aromatic rings. The van der Waals surface area contributed by atoms with Crippen molar-refractivity contribution in [3.05, 3.63) is 63.6 Å². The van der Waals surface area contributed by atoms with Crippen LogP contribution in [0.5, 0.6) is 0 Å². The van der Waals surface area contributed by atoms with Crippen molar-refractivity contribution in [1.29, 1.82) is 0 Å². The van der Waals surface area contributed by atoms with Gasteiger partial charge < -0.3 is 10.6 Å². The predicted molar refractivity (Wildman–Crippen MR) is 97.7 cm³/mol. The Balaban J connectivity index is 2.06. The largest absolute Gasteiger partial charge is 0.345 e. The van der Waals surface area contributed by atoms with Crippen LogP contribution in [0.25, 0.3) is 0 Å². The number of carbonyl (C=O) groups excluding carboxylic acids is 2. The third-order valence-corrected chi connectivity index (χ3v) is 4.38. The Morgan fingerprint density at radius 3 is 2.38 bits per heavy atom. The van der Waals surface area contributed by atoms with Gasteiger partial charge in [-0.1, -0.05) is 48.3 Å². The van der Waals surface area contributed by atoms with Gasteiger partial charge in [-0.3, -0.25) is 9.59 Å². The minimum atomic E-state index is -0.293. The first-order valence-electron chi connectivity index (χ1n) is 7.57. The second-order valence-corrected chi connectivity index (χ2v) is 6.11. The van der Waals surface area contributed by atoms with Gasteiger partial charge in [0, 0.05) is 12.1 Å². The van der Waals surface area contributed by atoms with Gasteiger partial charge in [0.25, 0.3) is 5.91 Å². The summed E-state index contributed by atoms with van der Waals surface area (Å²) in [5.41, 5.74) is 1.97. The number of anilines is 1. The van der Waals surface area contributed by atoms with Crippen LogP contribution in [0.4, 0.5) is 5.69 Å². The average molecular weight is 365 g/mol. The molecule has 0 aliphatic heterocycles. The number of halogens is 2. The molecule has 2 rings (SSSR count). The van der Waals surface area contributed by atoms with Gasteiger partial charge in [-0.15, -0.1) is 0 Å². The lowest BCUT2D eigenvalue weighted by atomic mass is 10.1. The van der Waals surface area contributed by atoms with E-state index < -0.39 is 0 Å². The molecule has 0 fully saturated rings. The van der Waals surface area contributed by atoms with E-state index in [1.165, 1.54) is 0 Å². The molecule has 1 atom stereocenters. The van der Waals surface area contributed by atoms with E-state index in [1.807, 2.05) is 19.1 Å². The highest BCUT2D eigenvalue weighted by atomic mass is 35.5. The summed E-state index contributed by atoms with van der Waals surface area (Å²) in [4.78, 5) is 23.7. The second kappa shape index (κ2) is 8.18. The van der Waals surface area contributed by atoms with Gasteiger partial charge in [-0.05, 0) is 36.8 Å². The molecule has 2 N–H and O–H groups in total. The van der Waals surface area contributed by atoms with Gasteiger partial charge in [-0.25, -0.2) is 0 Å². The maximum Gasteiger partial charge on any atom is 0.253 e. The summed E-state index contributed by atoms with van der Waals surface area (Å²) in [6, 6.07) is 12.0. The van der Waals surface area contributed by atoms with E-state index in [0.717, 1.165) is 11.3 Å². The van der Waals surface area contributed by atoms with Gasteiger partial charge in [-0.2, -0.15) is 0 Å². The predicted octanol–water partition coefficient (Wildman–Crippen LogP) is 4.83. The fourth-order valence-corrected chi connectivity index (χ4v) is 2.53. The van der Waals surface area contributed by atoms with Crippen LogP contribution in [-0.4, -0.2) is 11.8 Å². The molecular weight excluding hydrogens is 347 g/mol. The van der Waals surface area contributed by atoms with Crippen molar-refractivity contribution < 1.29 is 9.59 Å². The highest BCUT2D eigenvalue weighted by Gasteiger charge is 2.15. The number of rotatable bonds is 5. The second-order valence-electron chi connectivity index (χ2n) is 5.32. The Kier molecular flexibility index (Phi) is 6.23. The molecule has 0 aromatic heterocycles. The smallest absolute Gasteiger partial charge is 0.253 e. The number of hydrogen-bond donors (Lipinski definition) is 2. The zero-order valence-corrected chi connectivity index (χ0v) is 14.9. The van der Waals surface area contributed by atoms with Gasteiger partial charge in [0.05, 0.1) is 21.7 Å². The highest BCUT2D eigenvalue weighted by molar-refractivity contribution is 6.43. The highest BCUT2D eigenvalue weighted by Crippen LogP contribution is 2.26. The molecule has 0 aliphatic carbocycles. The van der Waals surface area contributed by atoms with E-state index in [-0.39, 0.29) is 22.9 Å². The third-order valence-electron chi connectivity index (χ3n) is 3.56. The summed E-state index contributed by atoms with van der Waals surface area (Å²) in [5.74, 6) is -0.335. The van der Waals surface area contributed by atoms with Gasteiger partial charge in [0.2, 0.25) is 5.91 Å². The summed E-state index contributed by atoms with van der Waals surface area (Å²) in [6.45, 7) is 3.66. The maximum atomic E-state index is 12.3. The molecule has 0 aliphatic rings. The van der Waals surface area contributed by atoms with Crippen LogP contribution in [0.15, 0.2) is 42.5 Å². The molecule has 0 spiro atoms. The average Bonchev–Trinajstić information content (AvgIpc) is 2.57. The van der Waals surface area contributed by atoms with Crippen LogP contribution in [0.3, 0.4) is 0 Å². The van der Waals surface area contributed by atoms with E-state index in [1.54, 1.807) is 37.3 Å². The topological polar surface area (TPSA) is 58.2 Å². The Labute approximate surface area is 151 Å². The van der Waals surface area contributed by atoms with Crippen LogP contribution in [0, 0.1) is 0 Å². The quantitative estimate of drug-likeness (QED) is 0.797. The first kappa shape index (κ1) is 18.3. The first-order chi connectivity index (χ1) is 11.4. The molecule has 6 heteroatoms. The third kappa shape index (κ3) is 4.49. The Bertz CT molecular complexity index is 745. The van der Waals surface area contributed by atoms with Crippen molar-refractivity contribution in [3.63, 3.8) is 0 Å². The monoisotopic (exact) mass is 364 g/mol. The van der Waals surface area contributed by atoms with Crippen molar-refractivity contribution >= 4 is 40.7 Å². The number of benzene rings is 2. The van der Waals surface area contributed by atoms with Gasteiger partial charge in [0.1, 0.15) is 0 Å². The van der Waals surface area contributed by atoms with Crippen molar-refractivity contribution in [2.45, 2.75) is 26.3 Å². The van der Waals surface area contributed by atoms with E-state index in [2.05, 4.69) is 10.6 Å². The summed E-state index contributed by atoms with van der Waals surface area (Å²) in [7, 11) is 0. The Hall–Kier alpha value is -2.04. The van der Waals surface area contributed by atoms with Crippen LogP contribution in [-0.2, 0) is 4.79 Å². The lowest BCUT2D eigenvalue weighted by Gasteiger charge is -2.16. The van der Waals surface area contributed by atoms with E-state index in [0.29, 0.717) is 17.0 Å². The number of amides is 2. The molecule has 2 amide bonds. The van der Waals surface area contributed by atoms with Crippen molar-refractivity contribution in [2.24, 2.45) is 0 Å². The van der Waals surface area contributed by atoms with Crippen molar-refractivity contribution in [1.82, 2.24) is 5.32 Å².